The summed E-state index contributed by atoms with van der Waals surface area (Å²) in [6, 6.07) is 26.8. The molecule has 0 bridgehead atoms. The molecule has 10 nitrogen and oxygen atoms in total. The normalized spacial score (nSPS) is 12.8. The fourth-order valence-corrected chi connectivity index (χ4v) is 6.25. The van der Waals surface area contributed by atoms with Gasteiger partial charge in [0.25, 0.3) is 11.8 Å². The summed E-state index contributed by atoms with van der Waals surface area (Å²) in [6.07, 6.45) is 1.24. The molecule has 0 radical (unpaired) electrons. The molecule has 0 saturated heterocycles. The Hall–Kier alpha value is -4.90. The molecule has 0 aromatic heterocycles. The lowest BCUT2D eigenvalue weighted by Gasteiger charge is -2.22. The molecular formula is C44H57N3O7. The van der Waals surface area contributed by atoms with E-state index in [0.717, 1.165) is 34.4 Å². The topological polar surface area (TPSA) is 130 Å². The van der Waals surface area contributed by atoms with Crippen molar-refractivity contribution >= 4 is 11.8 Å². The summed E-state index contributed by atoms with van der Waals surface area (Å²) in [6.45, 7) is 7.14. The van der Waals surface area contributed by atoms with Gasteiger partial charge in [-0.05, 0) is 130 Å². The van der Waals surface area contributed by atoms with Crippen molar-refractivity contribution in [2.45, 2.75) is 58.7 Å². The fraction of sp³-hybridized carbons (Fsp3) is 0.409. The molecule has 0 spiro atoms. The van der Waals surface area contributed by atoms with Crippen molar-refractivity contribution in [1.82, 2.24) is 15.5 Å². The number of ether oxygens (including phenoxy) is 3. The minimum absolute atomic E-state index is 0.0587. The monoisotopic (exact) mass is 739 g/mol. The summed E-state index contributed by atoms with van der Waals surface area (Å²) >= 11 is 0. The van der Waals surface area contributed by atoms with Crippen molar-refractivity contribution in [1.29, 1.82) is 0 Å². The van der Waals surface area contributed by atoms with Crippen LogP contribution in [0.2, 0.25) is 0 Å². The summed E-state index contributed by atoms with van der Waals surface area (Å²) in [5.41, 5.74) is 7.31. The van der Waals surface area contributed by atoms with Crippen LogP contribution in [0, 0.1) is 26.7 Å². The number of nitrogens with zero attached hydrogens (tertiary/aromatic N) is 1. The van der Waals surface area contributed by atoms with Crippen molar-refractivity contribution in [2.24, 2.45) is 5.92 Å². The molecule has 4 aromatic rings. The number of carbonyl (C=O) groups excluding carboxylic acids is 2. The largest absolute Gasteiger partial charge is 0.496 e. The fourth-order valence-electron chi connectivity index (χ4n) is 6.25. The second-order valence-corrected chi connectivity index (χ2v) is 14.3. The first-order valence-corrected chi connectivity index (χ1v) is 18.6. The summed E-state index contributed by atoms with van der Waals surface area (Å²) in [4.78, 5) is 27.5. The molecule has 0 heterocycles. The highest BCUT2D eigenvalue weighted by molar-refractivity contribution is 5.78. The first-order valence-electron chi connectivity index (χ1n) is 18.6. The standard InChI is InChI=1S/C44H57N3O7/c1-30-13-14-33(21-31(30)2)15-18-40(48)36-9-7-11-38(23-36)53-28-43(50)45-25-35(27-47(4)5)26-46-44(51)29-54-39-12-8-10-37(24-39)41(49)19-16-34-17-20-42(52-6)32(3)22-34/h7-14,17,20-24,35,40-41,48-49H,15-16,18-19,25-29H2,1-6H3,(H,45,50)(H,46,51)/t35?,40-,41-/m1/s1. The molecule has 1 unspecified atom stereocenters. The second kappa shape index (κ2) is 21.1. The number of aryl methyl sites for hydroxylation is 5. The van der Waals surface area contributed by atoms with E-state index >= 15 is 0 Å². The van der Waals surface area contributed by atoms with Crippen LogP contribution in [0.4, 0.5) is 0 Å². The highest BCUT2D eigenvalue weighted by Gasteiger charge is 2.16. The molecule has 4 aromatic carbocycles. The van der Waals surface area contributed by atoms with Crippen LogP contribution >= 0.6 is 0 Å². The van der Waals surface area contributed by atoms with E-state index in [0.29, 0.717) is 50.4 Å². The third-order valence-electron chi connectivity index (χ3n) is 9.47. The molecule has 0 fully saturated rings. The van der Waals surface area contributed by atoms with Crippen molar-refractivity contribution < 1.29 is 34.0 Å². The first kappa shape index (κ1) is 41.9. The number of nitrogens with one attached hydrogen (secondary N) is 2. The van der Waals surface area contributed by atoms with Crippen molar-refractivity contribution in [2.75, 3.05) is 54.1 Å². The Labute approximate surface area is 320 Å². The number of aliphatic hydroxyl groups is 2. The number of rotatable bonds is 21. The van der Waals surface area contributed by atoms with E-state index in [1.165, 1.54) is 16.7 Å². The maximum atomic E-state index is 12.7. The molecule has 290 valence electrons. The van der Waals surface area contributed by atoms with Crippen LogP contribution in [0.15, 0.2) is 84.9 Å². The van der Waals surface area contributed by atoms with Gasteiger partial charge in [0.2, 0.25) is 0 Å². The third-order valence-corrected chi connectivity index (χ3v) is 9.47. The number of hydrogen-bond donors (Lipinski definition) is 4. The maximum Gasteiger partial charge on any atom is 0.257 e. The first-order chi connectivity index (χ1) is 25.9. The van der Waals surface area contributed by atoms with Crippen molar-refractivity contribution in [3.05, 3.63) is 124 Å². The van der Waals surface area contributed by atoms with Gasteiger partial charge in [-0.2, -0.15) is 0 Å². The summed E-state index contributed by atoms with van der Waals surface area (Å²) in [5, 5.41) is 27.5. The van der Waals surface area contributed by atoms with Crippen molar-refractivity contribution in [3.63, 3.8) is 0 Å². The molecule has 0 saturated carbocycles. The molecule has 4 rings (SSSR count). The van der Waals surface area contributed by atoms with Crippen LogP contribution in [0.1, 0.15) is 64.0 Å². The average molecular weight is 740 g/mol. The highest BCUT2D eigenvalue weighted by atomic mass is 16.5. The van der Waals surface area contributed by atoms with E-state index in [9.17, 15) is 19.8 Å². The SMILES string of the molecule is COc1ccc(CC[C@@H](O)c2cccc(OCC(=O)NCC(CNC(=O)COc3cccc([C@H](O)CCc4ccc(C)c(C)c4)c3)CN(C)C)c2)cc1C. The minimum Gasteiger partial charge on any atom is -0.496 e. The quantitative estimate of drug-likeness (QED) is 0.0842. The van der Waals surface area contributed by atoms with Crippen LogP contribution in [0.5, 0.6) is 17.2 Å². The van der Waals surface area contributed by atoms with Gasteiger partial charge in [0.1, 0.15) is 17.2 Å². The lowest BCUT2D eigenvalue weighted by Crippen LogP contribution is -2.43. The zero-order valence-electron chi connectivity index (χ0n) is 32.6. The zero-order valence-corrected chi connectivity index (χ0v) is 32.6. The Bertz CT molecular complexity index is 1810. The van der Waals surface area contributed by atoms with Gasteiger partial charge >= 0.3 is 0 Å². The smallest absolute Gasteiger partial charge is 0.257 e. The Morgan fingerprint density at radius 2 is 1.17 bits per heavy atom. The van der Waals surface area contributed by atoms with Gasteiger partial charge in [0.05, 0.1) is 19.3 Å². The van der Waals surface area contributed by atoms with Gasteiger partial charge in [-0.25, -0.2) is 0 Å². The molecule has 2 amide bonds. The number of benzene rings is 4. The Morgan fingerprint density at radius 3 is 1.63 bits per heavy atom. The van der Waals surface area contributed by atoms with Crippen LogP contribution in [0.3, 0.4) is 0 Å². The molecule has 0 aliphatic carbocycles. The van der Waals surface area contributed by atoms with E-state index in [2.05, 4.69) is 48.7 Å². The number of methoxy groups -OCH3 is 1. The van der Waals surface area contributed by atoms with Crippen LogP contribution < -0.4 is 24.8 Å². The molecule has 10 heteroatoms. The van der Waals surface area contributed by atoms with Gasteiger partial charge in [0.15, 0.2) is 13.2 Å². The van der Waals surface area contributed by atoms with E-state index in [-0.39, 0.29) is 30.9 Å². The summed E-state index contributed by atoms with van der Waals surface area (Å²) in [5.74, 6) is 1.22. The third kappa shape index (κ3) is 13.8. The Kier molecular flexibility index (Phi) is 16.4. The molecule has 0 aliphatic rings. The van der Waals surface area contributed by atoms with E-state index in [1.807, 2.05) is 56.3 Å². The summed E-state index contributed by atoms with van der Waals surface area (Å²) < 4.78 is 16.9. The molecule has 3 atom stereocenters. The van der Waals surface area contributed by atoms with Gasteiger partial charge in [0, 0.05) is 25.6 Å². The van der Waals surface area contributed by atoms with Gasteiger partial charge < -0.3 is 40.0 Å². The van der Waals surface area contributed by atoms with Crippen LogP contribution in [-0.2, 0) is 22.4 Å². The predicted molar refractivity (Wildman–Crippen MR) is 212 cm³/mol. The minimum atomic E-state index is -0.681. The molecular weight excluding hydrogens is 682 g/mol. The lowest BCUT2D eigenvalue weighted by molar-refractivity contribution is -0.123. The second-order valence-electron chi connectivity index (χ2n) is 14.3. The predicted octanol–water partition coefficient (Wildman–Crippen LogP) is 5.82. The number of aliphatic hydroxyl groups excluding tert-OH is 2. The number of amides is 2. The van der Waals surface area contributed by atoms with E-state index in [4.69, 9.17) is 14.2 Å². The highest BCUT2D eigenvalue weighted by Crippen LogP contribution is 2.26. The van der Waals surface area contributed by atoms with Gasteiger partial charge in [-0.15, -0.1) is 0 Å². The van der Waals surface area contributed by atoms with Crippen LogP contribution in [0.25, 0.3) is 0 Å². The van der Waals surface area contributed by atoms with E-state index in [1.54, 1.807) is 37.4 Å². The summed E-state index contributed by atoms with van der Waals surface area (Å²) in [7, 11) is 5.52. The van der Waals surface area contributed by atoms with E-state index < -0.39 is 12.2 Å². The molecule has 54 heavy (non-hydrogen) atoms. The molecule has 0 aliphatic heterocycles. The van der Waals surface area contributed by atoms with Crippen LogP contribution in [-0.4, -0.2) is 81.0 Å². The number of hydrogen-bond acceptors (Lipinski definition) is 8. The Morgan fingerprint density at radius 1 is 0.667 bits per heavy atom. The number of carbonyl (C=O) groups is 2. The maximum absolute atomic E-state index is 12.7. The van der Waals surface area contributed by atoms with Gasteiger partial charge in [-0.1, -0.05) is 54.6 Å². The lowest BCUT2D eigenvalue weighted by atomic mass is 9.99. The zero-order chi connectivity index (χ0) is 39.0. The van der Waals surface area contributed by atoms with Gasteiger partial charge in [-0.3, -0.25) is 9.59 Å². The average Bonchev–Trinajstić information content (AvgIpc) is 3.16. The Balaban J connectivity index is 1.18. The molecule has 4 N–H and O–H groups in total. The van der Waals surface area contributed by atoms with Crippen molar-refractivity contribution in [3.8, 4) is 17.2 Å².